The second-order valence-electron chi connectivity index (χ2n) is 6.30. The molecule has 4 rings (SSSR count). The molecule has 7 nitrogen and oxygen atoms in total. The third kappa shape index (κ3) is 3.08. The normalized spacial score (nSPS) is 13.1. The van der Waals surface area contributed by atoms with Crippen molar-refractivity contribution >= 4 is 11.9 Å². The van der Waals surface area contributed by atoms with Gasteiger partial charge in [-0.25, -0.2) is 9.55 Å². The smallest absolute Gasteiger partial charge is 0.264 e. The van der Waals surface area contributed by atoms with Crippen LogP contribution in [0, 0.1) is 0 Å². The van der Waals surface area contributed by atoms with Gasteiger partial charge in [-0.2, -0.15) is 0 Å². The van der Waals surface area contributed by atoms with Crippen LogP contribution in [0.15, 0.2) is 59.7 Å². The monoisotopic (exact) mass is 361 g/mol. The Kier molecular flexibility index (Phi) is 4.42. The minimum atomic E-state index is -0.150. The lowest BCUT2D eigenvalue weighted by atomic mass is 10.1. The molecule has 3 heterocycles. The standard InChI is InChI=1S/C20H19N5O2/c1-21-20-23-17-9-12-24(18(26)14-7-10-22-11-8-14)13-16(17)19(27)25(20)15-5-3-2-4-6-15/h2-8,10-11H,9,12-13H2,1H3,(H,21,23). The van der Waals surface area contributed by atoms with E-state index >= 15 is 0 Å². The summed E-state index contributed by atoms with van der Waals surface area (Å²) in [6, 6.07) is 12.7. The first-order chi connectivity index (χ1) is 13.2. The highest BCUT2D eigenvalue weighted by Gasteiger charge is 2.27. The number of carbonyl (C=O) groups excluding carboxylic acids is 1. The van der Waals surface area contributed by atoms with Crippen LogP contribution < -0.4 is 10.9 Å². The number of fused-ring (bicyclic) bond motifs is 1. The number of amides is 1. The Bertz CT molecular complexity index is 1030. The Morgan fingerprint density at radius 2 is 1.85 bits per heavy atom. The van der Waals surface area contributed by atoms with E-state index in [0.29, 0.717) is 30.0 Å². The summed E-state index contributed by atoms with van der Waals surface area (Å²) in [5.41, 5.74) is 2.46. The largest absolute Gasteiger partial charge is 0.358 e. The number of benzene rings is 1. The molecular weight excluding hydrogens is 342 g/mol. The first-order valence-electron chi connectivity index (χ1n) is 8.76. The number of hydrogen-bond acceptors (Lipinski definition) is 5. The zero-order chi connectivity index (χ0) is 18.8. The van der Waals surface area contributed by atoms with Gasteiger partial charge in [0.25, 0.3) is 11.5 Å². The molecule has 0 bridgehead atoms. The summed E-state index contributed by atoms with van der Waals surface area (Å²) in [5, 5.41) is 3.01. The highest BCUT2D eigenvalue weighted by molar-refractivity contribution is 5.94. The molecular formula is C20H19N5O2. The lowest BCUT2D eigenvalue weighted by Crippen LogP contribution is -2.41. The number of nitrogens with zero attached hydrogens (tertiary/aromatic N) is 4. The molecule has 1 N–H and O–H groups in total. The molecule has 1 aliphatic heterocycles. The number of aromatic nitrogens is 3. The van der Waals surface area contributed by atoms with Gasteiger partial charge in [0.15, 0.2) is 0 Å². The molecule has 27 heavy (non-hydrogen) atoms. The van der Waals surface area contributed by atoms with Gasteiger partial charge in [0.2, 0.25) is 5.95 Å². The minimum absolute atomic E-state index is 0.105. The van der Waals surface area contributed by atoms with Crippen molar-refractivity contribution in [3.05, 3.63) is 82.0 Å². The predicted molar refractivity (Wildman–Crippen MR) is 102 cm³/mol. The van der Waals surface area contributed by atoms with Crippen molar-refractivity contribution in [3.8, 4) is 5.69 Å². The van der Waals surface area contributed by atoms with Crippen molar-refractivity contribution in [3.63, 3.8) is 0 Å². The first-order valence-corrected chi connectivity index (χ1v) is 8.76. The predicted octanol–water partition coefficient (Wildman–Crippen LogP) is 1.87. The molecule has 0 spiro atoms. The van der Waals surface area contributed by atoms with Gasteiger partial charge in [0.1, 0.15) is 0 Å². The number of nitrogens with one attached hydrogen (secondary N) is 1. The van der Waals surface area contributed by atoms with E-state index in [4.69, 9.17) is 0 Å². The number of anilines is 1. The highest BCUT2D eigenvalue weighted by atomic mass is 16.2. The zero-order valence-electron chi connectivity index (χ0n) is 14.9. The number of hydrogen-bond donors (Lipinski definition) is 1. The van der Waals surface area contributed by atoms with Gasteiger partial charge in [0.05, 0.1) is 23.5 Å². The number of para-hydroxylation sites is 1. The zero-order valence-corrected chi connectivity index (χ0v) is 14.9. The molecule has 0 fully saturated rings. The summed E-state index contributed by atoms with van der Waals surface area (Å²) in [4.78, 5) is 36.3. The van der Waals surface area contributed by atoms with E-state index in [9.17, 15) is 9.59 Å². The van der Waals surface area contributed by atoms with Crippen molar-refractivity contribution in [2.75, 3.05) is 18.9 Å². The van der Waals surface area contributed by atoms with E-state index in [1.165, 1.54) is 0 Å². The van der Waals surface area contributed by atoms with Crippen LogP contribution in [0.5, 0.6) is 0 Å². The van der Waals surface area contributed by atoms with Gasteiger partial charge < -0.3 is 10.2 Å². The van der Waals surface area contributed by atoms with Crippen LogP contribution in [0.2, 0.25) is 0 Å². The van der Waals surface area contributed by atoms with E-state index in [0.717, 1.165) is 11.4 Å². The maximum absolute atomic E-state index is 13.2. The third-order valence-electron chi connectivity index (χ3n) is 4.68. The Morgan fingerprint density at radius 3 is 2.56 bits per heavy atom. The fraction of sp³-hybridized carbons (Fsp3) is 0.200. The van der Waals surface area contributed by atoms with Crippen molar-refractivity contribution in [1.82, 2.24) is 19.4 Å². The Labute approximate surface area is 156 Å². The van der Waals surface area contributed by atoms with Crippen LogP contribution in [-0.2, 0) is 13.0 Å². The topological polar surface area (TPSA) is 80.1 Å². The summed E-state index contributed by atoms with van der Waals surface area (Å²) in [7, 11) is 1.75. The molecule has 0 saturated carbocycles. The summed E-state index contributed by atoms with van der Waals surface area (Å²) >= 11 is 0. The van der Waals surface area contributed by atoms with Crippen molar-refractivity contribution in [2.24, 2.45) is 0 Å². The Hall–Kier alpha value is -3.48. The third-order valence-corrected chi connectivity index (χ3v) is 4.68. The van der Waals surface area contributed by atoms with E-state index in [2.05, 4.69) is 15.3 Å². The summed E-state index contributed by atoms with van der Waals surface area (Å²) < 4.78 is 1.55. The molecule has 0 atom stereocenters. The number of pyridine rings is 1. The SMILES string of the molecule is CNc1nc2c(c(=O)n1-c1ccccc1)CN(C(=O)c1ccncc1)CC2. The lowest BCUT2D eigenvalue weighted by Gasteiger charge is -2.29. The van der Waals surface area contributed by atoms with Crippen LogP contribution in [0.25, 0.3) is 5.69 Å². The van der Waals surface area contributed by atoms with Crippen LogP contribution >= 0.6 is 0 Å². The van der Waals surface area contributed by atoms with E-state index in [1.54, 1.807) is 41.0 Å². The molecule has 7 heteroatoms. The molecule has 0 aliphatic carbocycles. The number of rotatable bonds is 3. The van der Waals surface area contributed by atoms with Crippen LogP contribution in [0.1, 0.15) is 21.6 Å². The Balaban J connectivity index is 1.75. The molecule has 2 aromatic heterocycles. The molecule has 3 aromatic rings. The second kappa shape index (κ2) is 7.03. The highest BCUT2D eigenvalue weighted by Crippen LogP contribution is 2.20. The second-order valence-corrected chi connectivity index (χ2v) is 6.30. The first kappa shape index (κ1) is 17.0. The molecule has 0 saturated heterocycles. The summed E-state index contributed by atoms with van der Waals surface area (Å²) in [6.45, 7) is 0.776. The fourth-order valence-corrected chi connectivity index (χ4v) is 3.31. The van der Waals surface area contributed by atoms with Crippen molar-refractivity contribution < 1.29 is 4.79 Å². The quantitative estimate of drug-likeness (QED) is 0.770. The minimum Gasteiger partial charge on any atom is -0.358 e. The molecule has 1 aliphatic rings. The van der Waals surface area contributed by atoms with Crippen molar-refractivity contribution in [1.29, 1.82) is 0 Å². The van der Waals surface area contributed by atoms with E-state index in [-0.39, 0.29) is 18.0 Å². The van der Waals surface area contributed by atoms with E-state index in [1.807, 2.05) is 30.3 Å². The average Bonchev–Trinajstić information content (AvgIpc) is 2.74. The average molecular weight is 361 g/mol. The van der Waals surface area contributed by atoms with Gasteiger partial charge in [0, 0.05) is 38.0 Å². The van der Waals surface area contributed by atoms with Gasteiger partial charge in [-0.05, 0) is 24.3 Å². The van der Waals surface area contributed by atoms with Crippen LogP contribution in [-0.4, -0.2) is 38.9 Å². The molecule has 136 valence electrons. The fourth-order valence-electron chi connectivity index (χ4n) is 3.31. The lowest BCUT2D eigenvalue weighted by molar-refractivity contribution is 0.0732. The maximum Gasteiger partial charge on any atom is 0.264 e. The van der Waals surface area contributed by atoms with Gasteiger partial charge in [-0.15, -0.1) is 0 Å². The van der Waals surface area contributed by atoms with Crippen LogP contribution in [0.4, 0.5) is 5.95 Å². The van der Waals surface area contributed by atoms with Gasteiger partial charge in [-0.3, -0.25) is 14.6 Å². The maximum atomic E-state index is 13.2. The van der Waals surface area contributed by atoms with Gasteiger partial charge in [-0.1, -0.05) is 18.2 Å². The van der Waals surface area contributed by atoms with Gasteiger partial charge >= 0.3 is 0 Å². The molecule has 1 amide bonds. The van der Waals surface area contributed by atoms with Crippen LogP contribution in [0.3, 0.4) is 0 Å². The number of carbonyl (C=O) groups is 1. The van der Waals surface area contributed by atoms with Crippen molar-refractivity contribution in [2.45, 2.75) is 13.0 Å². The molecule has 0 unspecified atom stereocenters. The summed E-state index contributed by atoms with van der Waals surface area (Å²) in [5.74, 6) is 0.394. The Morgan fingerprint density at radius 1 is 1.11 bits per heavy atom. The summed E-state index contributed by atoms with van der Waals surface area (Å²) in [6.07, 6.45) is 3.73. The van der Waals surface area contributed by atoms with E-state index < -0.39 is 0 Å². The molecule has 0 radical (unpaired) electrons. The molecule has 1 aromatic carbocycles.